The van der Waals surface area contributed by atoms with Crippen LogP contribution in [0.25, 0.3) is 0 Å². The Kier molecular flexibility index (Phi) is 6.21. The Morgan fingerprint density at radius 3 is 2.52 bits per heavy atom. The molecule has 1 rings (SSSR count). The molecule has 5 heteroatoms. The number of amides is 1. The van der Waals surface area contributed by atoms with Crippen molar-refractivity contribution >= 4 is 11.7 Å². The first-order chi connectivity index (χ1) is 9.89. The molecule has 0 aromatic heterocycles. The second kappa shape index (κ2) is 7.67. The van der Waals surface area contributed by atoms with E-state index in [1.807, 2.05) is 30.3 Å². The fourth-order valence-electron chi connectivity index (χ4n) is 1.83. The number of rotatable bonds is 7. The molecule has 0 heterocycles. The molecular weight excluding hydrogens is 266 g/mol. The minimum atomic E-state index is -0.662. The van der Waals surface area contributed by atoms with Crippen LogP contribution < -0.4 is 11.1 Å². The predicted molar refractivity (Wildman–Crippen MR) is 84.1 cm³/mol. The van der Waals surface area contributed by atoms with E-state index in [9.17, 15) is 4.79 Å². The lowest BCUT2D eigenvalue weighted by Crippen LogP contribution is -2.43. The van der Waals surface area contributed by atoms with Gasteiger partial charge in [0.1, 0.15) is 5.92 Å². The van der Waals surface area contributed by atoms with Gasteiger partial charge >= 0.3 is 0 Å². The van der Waals surface area contributed by atoms with Gasteiger partial charge in [-0.05, 0) is 23.8 Å². The summed E-state index contributed by atoms with van der Waals surface area (Å²) < 4.78 is 0. The monoisotopic (exact) mass is 291 g/mol. The van der Waals surface area contributed by atoms with E-state index in [-0.39, 0.29) is 17.2 Å². The standard InChI is InChI=1S/C16H25N3O2/c1-4-16(2,3)11-18-15(20)13(14(17)19-21)10-12-8-6-5-7-9-12/h5-9,13,21H,4,10-11H2,1-3H3,(H2,17,19)(H,18,20). The number of carbonyl (C=O) groups excluding carboxylic acids is 1. The zero-order chi connectivity index (χ0) is 15.9. The summed E-state index contributed by atoms with van der Waals surface area (Å²) in [5.41, 5.74) is 6.67. The summed E-state index contributed by atoms with van der Waals surface area (Å²) in [6, 6.07) is 9.54. The van der Waals surface area contributed by atoms with Crippen molar-refractivity contribution in [1.82, 2.24) is 5.32 Å². The largest absolute Gasteiger partial charge is 0.409 e. The van der Waals surface area contributed by atoms with E-state index in [1.165, 1.54) is 0 Å². The summed E-state index contributed by atoms with van der Waals surface area (Å²) in [5.74, 6) is -0.939. The summed E-state index contributed by atoms with van der Waals surface area (Å²) in [4.78, 5) is 12.3. The van der Waals surface area contributed by atoms with Crippen LogP contribution in [-0.4, -0.2) is 23.5 Å². The molecule has 0 fully saturated rings. The number of nitrogens with zero attached hydrogens (tertiary/aromatic N) is 1. The summed E-state index contributed by atoms with van der Waals surface area (Å²) >= 11 is 0. The van der Waals surface area contributed by atoms with Crippen molar-refractivity contribution in [1.29, 1.82) is 0 Å². The molecule has 0 bridgehead atoms. The van der Waals surface area contributed by atoms with Crippen LogP contribution >= 0.6 is 0 Å². The van der Waals surface area contributed by atoms with Crippen molar-refractivity contribution in [2.24, 2.45) is 22.2 Å². The molecule has 1 unspecified atom stereocenters. The maximum atomic E-state index is 12.3. The molecule has 0 saturated heterocycles. The smallest absolute Gasteiger partial charge is 0.231 e. The summed E-state index contributed by atoms with van der Waals surface area (Å²) in [6.07, 6.45) is 1.37. The van der Waals surface area contributed by atoms with Crippen molar-refractivity contribution in [2.45, 2.75) is 33.6 Å². The fourth-order valence-corrected chi connectivity index (χ4v) is 1.83. The van der Waals surface area contributed by atoms with Gasteiger partial charge in [-0.2, -0.15) is 0 Å². The molecule has 1 aromatic rings. The number of hydrogen-bond acceptors (Lipinski definition) is 3. The van der Waals surface area contributed by atoms with Gasteiger partial charge in [0, 0.05) is 6.54 Å². The Hall–Kier alpha value is -2.04. The van der Waals surface area contributed by atoms with Crippen LogP contribution in [0.4, 0.5) is 0 Å². The first-order valence-corrected chi connectivity index (χ1v) is 7.18. The molecule has 5 nitrogen and oxygen atoms in total. The van der Waals surface area contributed by atoms with Crippen LogP contribution in [0.1, 0.15) is 32.8 Å². The molecular formula is C16H25N3O2. The first-order valence-electron chi connectivity index (χ1n) is 7.18. The van der Waals surface area contributed by atoms with Gasteiger partial charge in [0.05, 0.1) is 0 Å². The number of nitrogens with one attached hydrogen (secondary N) is 1. The third-order valence-corrected chi connectivity index (χ3v) is 3.77. The third kappa shape index (κ3) is 5.45. The molecule has 1 atom stereocenters. The highest BCUT2D eigenvalue weighted by Crippen LogP contribution is 2.18. The quantitative estimate of drug-likeness (QED) is 0.311. The van der Waals surface area contributed by atoms with E-state index < -0.39 is 5.92 Å². The van der Waals surface area contributed by atoms with E-state index in [0.29, 0.717) is 13.0 Å². The maximum Gasteiger partial charge on any atom is 0.231 e. The lowest BCUT2D eigenvalue weighted by atomic mass is 9.89. The highest BCUT2D eigenvalue weighted by molar-refractivity contribution is 6.02. The highest BCUT2D eigenvalue weighted by Gasteiger charge is 2.25. The van der Waals surface area contributed by atoms with E-state index in [2.05, 4.69) is 31.2 Å². The zero-order valence-corrected chi connectivity index (χ0v) is 13.0. The van der Waals surface area contributed by atoms with Gasteiger partial charge in [-0.1, -0.05) is 56.3 Å². The molecule has 0 radical (unpaired) electrons. The lowest BCUT2D eigenvalue weighted by molar-refractivity contribution is -0.123. The first kappa shape index (κ1) is 17.0. The zero-order valence-electron chi connectivity index (χ0n) is 13.0. The second-order valence-electron chi connectivity index (χ2n) is 6.00. The maximum absolute atomic E-state index is 12.3. The highest BCUT2D eigenvalue weighted by atomic mass is 16.4. The number of amidine groups is 1. The molecule has 0 aliphatic rings. The van der Waals surface area contributed by atoms with Crippen LogP contribution in [0.15, 0.2) is 35.5 Å². The molecule has 0 saturated carbocycles. The average molecular weight is 291 g/mol. The summed E-state index contributed by atoms with van der Waals surface area (Å²) in [6.45, 7) is 6.81. The van der Waals surface area contributed by atoms with Crippen LogP contribution in [0, 0.1) is 11.3 Å². The van der Waals surface area contributed by atoms with E-state index in [4.69, 9.17) is 10.9 Å². The average Bonchev–Trinajstić information content (AvgIpc) is 2.50. The Balaban J connectivity index is 2.76. The number of nitrogens with two attached hydrogens (primary N) is 1. The Bertz CT molecular complexity index is 484. The van der Waals surface area contributed by atoms with Gasteiger partial charge in [-0.25, -0.2) is 0 Å². The summed E-state index contributed by atoms with van der Waals surface area (Å²) in [5, 5.41) is 14.8. The molecule has 0 spiro atoms. The van der Waals surface area contributed by atoms with Gasteiger partial charge in [0.2, 0.25) is 5.91 Å². The van der Waals surface area contributed by atoms with Gasteiger partial charge in [-0.15, -0.1) is 0 Å². The van der Waals surface area contributed by atoms with E-state index in [1.54, 1.807) is 0 Å². The second-order valence-corrected chi connectivity index (χ2v) is 6.00. The normalized spacial score (nSPS) is 13.8. The summed E-state index contributed by atoms with van der Waals surface area (Å²) in [7, 11) is 0. The minimum absolute atomic E-state index is 0.0259. The molecule has 21 heavy (non-hydrogen) atoms. The SMILES string of the molecule is CCC(C)(C)CNC(=O)C(Cc1ccccc1)/C(N)=N/O. The van der Waals surface area contributed by atoms with E-state index in [0.717, 1.165) is 12.0 Å². The number of benzene rings is 1. The van der Waals surface area contributed by atoms with Crippen molar-refractivity contribution in [3.8, 4) is 0 Å². The van der Waals surface area contributed by atoms with Gasteiger partial charge in [0.15, 0.2) is 5.84 Å². The third-order valence-electron chi connectivity index (χ3n) is 3.77. The van der Waals surface area contributed by atoms with Gasteiger partial charge in [0.25, 0.3) is 0 Å². The van der Waals surface area contributed by atoms with Crippen molar-refractivity contribution in [2.75, 3.05) is 6.54 Å². The van der Waals surface area contributed by atoms with Crippen LogP contribution in [0.5, 0.6) is 0 Å². The number of carbonyl (C=O) groups is 1. The minimum Gasteiger partial charge on any atom is -0.409 e. The van der Waals surface area contributed by atoms with Crippen LogP contribution in [0.2, 0.25) is 0 Å². The number of oxime groups is 1. The Labute approximate surface area is 126 Å². The molecule has 1 aromatic carbocycles. The predicted octanol–water partition coefficient (Wildman–Crippen LogP) is 2.14. The van der Waals surface area contributed by atoms with Gasteiger partial charge < -0.3 is 16.3 Å². The molecule has 4 N–H and O–H groups in total. The molecule has 0 aliphatic carbocycles. The lowest BCUT2D eigenvalue weighted by Gasteiger charge is -2.24. The molecule has 116 valence electrons. The van der Waals surface area contributed by atoms with Crippen LogP contribution in [0.3, 0.4) is 0 Å². The van der Waals surface area contributed by atoms with Crippen LogP contribution in [-0.2, 0) is 11.2 Å². The van der Waals surface area contributed by atoms with Crippen molar-refractivity contribution in [3.05, 3.63) is 35.9 Å². The Morgan fingerprint density at radius 1 is 1.38 bits per heavy atom. The number of hydrogen-bond donors (Lipinski definition) is 3. The molecule has 1 amide bonds. The van der Waals surface area contributed by atoms with E-state index >= 15 is 0 Å². The Morgan fingerprint density at radius 2 is 2.00 bits per heavy atom. The topological polar surface area (TPSA) is 87.7 Å². The molecule has 0 aliphatic heterocycles. The van der Waals surface area contributed by atoms with Crippen molar-refractivity contribution in [3.63, 3.8) is 0 Å². The fraction of sp³-hybridized carbons (Fsp3) is 0.500. The van der Waals surface area contributed by atoms with Gasteiger partial charge in [-0.3, -0.25) is 4.79 Å². The van der Waals surface area contributed by atoms with Crippen molar-refractivity contribution < 1.29 is 10.0 Å².